The highest BCUT2D eigenvalue weighted by atomic mass is 35.5. The van der Waals surface area contributed by atoms with Crippen LogP contribution in [0.2, 0.25) is 0 Å². The fourth-order valence-corrected chi connectivity index (χ4v) is 2.91. The van der Waals surface area contributed by atoms with Gasteiger partial charge in [-0.3, -0.25) is 0 Å². The first kappa shape index (κ1) is 9.87. The Morgan fingerprint density at radius 1 is 1.25 bits per heavy atom. The number of fused-ring (bicyclic) bond motifs is 1. The van der Waals surface area contributed by atoms with Crippen LogP contribution in [0.25, 0.3) is 0 Å². The quantitative estimate of drug-likeness (QED) is 0.690. The van der Waals surface area contributed by atoms with Crippen molar-refractivity contribution in [2.75, 3.05) is 5.73 Å². The Morgan fingerprint density at radius 2 is 1.92 bits per heavy atom. The summed E-state index contributed by atoms with van der Waals surface area (Å²) in [4.78, 5) is 2.86. The van der Waals surface area contributed by atoms with E-state index >= 15 is 0 Å². The molecule has 1 aliphatic rings. The maximum absolute atomic E-state index is 5.93. The van der Waals surface area contributed by atoms with Crippen molar-refractivity contribution in [3.8, 4) is 0 Å². The van der Waals surface area contributed by atoms with Gasteiger partial charge in [0.1, 0.15) is 0 Å². The van der Waals surface area contributed by atoms with E-state index in [4.69, 9.17) is 5.73 Å². The van der Waals surface area contributed by atoms with Crippen LogP contribution in [0.5, 0.6) is 0 Å². The molecule has 0 spiro atoms. The largest absolute Gasteiger partial charge is 0.398 e. The van der Waals surface area contributed by atoms with Gasteiger partial charge in [0.15, 0.2) is 0 Å². The Balaban J connectivity index is 0.000000720. The molecule has 0 fully saturated rings. The number of thiophene rings is 1. The lowest BCUT2D eigenvalue weighted by atomic mass is 9.98. The van der Waals surface area contributed by atoms with Crippen LogP contribution in [0, 0.1) is 6.92 Å². The molecule has 0 aromatic carbocycles. The van der Waals surface area contributed by atoms with Gasteiger partial charge in [-0.2, -0.15) is 0 Å². The molecule has 68 valence electrons. The van der Waals surface area contributed by atoms with Crippen LogP contribution in [-0.4, -0.2) is 0 Å². The highest BCUT2D eigenvalue weighted by Gasteiger charge is 2.15. The van der Waals surface area contributed by atoms with E-state index in [0.29, 0.717) is 0 Å². The lowest BCUT2D eigenvalue weighted by molar-refractivity contribution is 0.698. The molecular formula is C9H14ClNS. The highest BCUT2D eigenvalue weighted by molar-refractivity contribution is 7.12. The zero-order valence-corrected chi connectivity index (χ0v) is 8.86. The van der Waals surface area contributed by atoms with Crippen LogP contribution in [0.1, 0.15) is 28.2 Å². The summed E-state index contributed by atoms with van der Waals surface area (Å²) in [6.45, 7) is 2.12. The predicted molar refractivity (Wildman–Crippen MR) is 57.4 cm³/mol. The van der Waals surface area contributed by atoms with E-state index in [1.807, 2.05) is 11.3 Å². The van der Waals surface area contributed by atoms with E-state index < -0.39 is 0 Å². The molecule has 0 unspecified atom stereocenters. The van der Waals surface area contributed by atoms with Gasteiger partial charge in [-0.15, -0.1) is 23.7 Å². The van der Waals surface area contributed by atoms with Gasteiger partial charge in [0.05, 0.1) is 0 Å². The van der Waals surface area contributed by atoms with Gasteiger partial charge in [-0.25, -0.2) is 0 Å². The normalized spacial score (nSPS) is 15.1. The lowest BCUT2D eigenvalue weighted by Crippen LogP contribution is -2.00. The molecule has 3 heteroatoms. The van der Waals surface area contributed by atoms with Gasteiger partial charge < -0.3 is 5.73 Å². The van der Waals surface area contributed by atoms with Crippen LogP contribution >= 0.6 is 23.7 Å². The fraction of sp³-hybridized carbons (Fsp3) is 0.556. The third-order valence-electron chi connectivity index (χ3n) is 2.40. The van der Waals surface area contributed by atoms with Crippen LogP contribution in [0.15, 0.2) is 0 Å². The first-order chi connectivity index (χ1) is 5.29. The summed E-state index contributed by atoms with van der Waals surface area (Å²) in [7, 11) is 0. The monoisotopic (exact) mass is 203 g/mol. The summed E-state index contributed by atoms with van der Waals surface area (Å²) in [6, 6.07) is 0. The minimum atomic E-state index is 0. The lowest BCUT2D eigenvalue weighted by Gasteiger charge is -2.10. The molecule has 1 aliphatic carbocycles. The van der Waals surface area contributed by atoms with Crippen molar-refractivity contribution < 1.29 is 0 Å². The number of anilines is 1. The number of nitrogens with two attached hydrogens (primary N) is 1. The Labute approximate surface area is 83.4 Å². The molecule has 1 aromatic rings. The van der Waals surface area contributed by atoms with E-state index in [2.05, 4.69) is 6.92 Å². The summed E-state index contributed by atoms with van der Waals surface area (Å²) < 4.78 is 0. The fourth-order valence-electron chi connectivity index (χ4n) is 1.73. The molecule has 1 nitrogen and oxygen atoms in total. The maximum Gasteiger partial charge on any atom is 0.0487 e. The Hall–Kier alpha value is -0.210. The van der Waals surface area contributed by atoms with Crippen molar-refractivity contribution in [1.29, 1.82) is 0 Å². The second kappa shape index (κ2) is 3.67. The van der Waals surface area contributed by atoms with E-state index in [1.165, 1.54) is 36.1 Å². The van der Waals surface area contributed by atoms with Crippen LogP contribution < -0.4 is 5.73 Å². The van der Waals surface area contributed by atoms with Crippen molar-refractivity contribution in [2.24, 2.45) is 0 Å². The van der Waals surface area contributed by atoms with Crippen molar-refractivity contribution >= 4 is 29.4 Å². The third kappa shape index (κ3) is 1.46. The molecule has 0 saturated heterocycles. The average molecular weight is 204 g/mol. The molecule has 12 heavy (non-hydrogen) atoms. The number of halogens is 1. The molecular weight excluding hydrogens is 190 g/mol. The number of hydrogen-bond acceptors (Lipinski definition) is 2. The van der Waals surface area contributed by atoms with Gasteiger partial charge in [0.2, 0.25) is 0 Å². The van der Waals surface area contributed by atoms with Crippen LogP contribution in [-0.2, 0) is 12.8 Å². The Kier molecular flexibility index (Phi) is 3.02. The molecule has 0 bridgehead atoms. The van der Waals surface area contributed by atoms with Gasteiger partial charge in [-0.1, -0.05) is 0 Å². The zero-order valence-electron chi connectivity index (χ0n) is 7.22. The van der Waals surface area contributed by atoms with E-state index in [9.17, 15) is 0 Å². The number of aryl methyl sites for hydroxylation is 2. The number of rotatable bonds is 0. The van der Waals surface area contributed by atoms with Crippen molar-refractivity contribution in [1.82, 2.24) is 0 Å². The first-order valence-corrected chi connectivity index (χ1v) is 4.97. The first-order valence-electron chi connectivity index (χ1n) is 4.15. The van der Waals surface area contributed by atoms with Crippen molar-refractivity contribution in [3.05, 3.63) is 15.3 Å². The third-order valence-corrected chi connectivity index (χ3v) is 3.62. The SMILES string of the molecule is Cc1sc2c(c1N)CCCC2.Cl. The van der Waals surface area contributed by atoms with Gasteiger partial charge in [0, 0.05) is 15.4 Å². The molecule has 0 atom stereocenters. The molecule has 1 heterocycles. The molecule has 0 aliphatic heterocycles. The summed E-state index contributed by atoms with van der Waals surface area (Å²) >= 11 is 1.89. The second-order valence-corrected chi connectivity index (χ2v) is 4.49. The van der Waals surface area contributed by atoms with Crippen molar-refractivity contribution in [2.45, 2.75) is 32.6 Å². The standard InChI is InChI=1S/C9H13NS.ClH/c1-6-9(10)7-4-2-3-5-8(7)11-6;/h2-5,10H2,1H3;1H. The molecule has 0 saturated carbocycles. The second-order valence-electron chi connectivity index (χ2n) is 3.18. The smallest absolute Gasteiger partial charge is 0.0487 e. The van der Waals surface area contributed by atoms with Crippen molar-refractivity contribution in [3.63, 3.8) is 0 Å². The van der Waals surface area contributed by atoms with Crippen LogP contribution in [0.4, 0.5) is 5.69 Å². The predicted octanol–water partition coefficient (Wildman–Crippen LogP) is 2.94. The summed E-state index contributed by atoms with van der Waals surface area (Å²) in [6.07, 6.45) is 5.16. The Bertz CT molecular complexity index is 280. The molecule has 0 amide bonds. The molecule has 1 aromatic heterocycles. The van der Waals surface area contributed by atoms with Crippen LogP contribution in [0.3, 0.4) is 0 Å². The zero-order chi connectivity index (χ0) is 7.84. The number of hydrogen-bond donors (Lipinski definition) is 1. The minimum Gasteiger partial charge on any atom is -0.398 e. The number of nitrogen functional groups attached to an aromatic ring is 1. The molecule has 0 radical (unpaired) electrons. The summed E-state index contributed by atoms with van der Waals surface area (Å²) in [5, 5.41) is 0. The molecule has 2 rings (SSSR count). The highest BCUT2D eigenvalue weighted by Crippen LogP contribution is 2.35. The Morgan fingerprint density at radius 3 is 2.58 bits per heavy atom. The van der Waals surface area contributed by atoms with Gasteiger partial charge >= 0.3 is 0 Å². The van der Waals surface area contributed by atoms with E-state index in [1.54, 1.807) is 4.88 Å². The average Bonchev–Trinajstić information content (AvgIpc) is 2.30. The summed E-state index contributed by atoms with van der Waals surface area (Å²) in [5.74, 6) is 0. The molecule has 2 N–H and O–H groups in total. The topological polar surface area (TPSA) is 26.0 Å². The van der Waals surface area contributed by atoms with E-state index in [0.717, 1.165) is 5.69 Å². The van der Waals surface area contributed by atoms with E-state index in [-0.39, 0.29) is 12.4 Å². The summed E-state index contributed by atoms with van der Waals surface area (Å²) in [5.41, 5.74) is 8.46. The maximum atomic E-state index is 5.93. The van der Waals surface area contributed by atoms with Gasteiger partial charge in [0.25, 0.3) is 0 Å². The van der Waals surface area contributed by atoms with Gasteiger partial charge in [-0.05, 0) is 38.2 Å². The minimum absolute atomic E-state index is 0.